The fourth-order valence-electron chi connectivity index (χ4n) is 0.869. The van der Waals surface area contributed by atoms with Crippen LogP contribution in [0.3, 0.4) is 0 Å². The van der Waals surface area contributed by atoms with E-state index in [-0.39, 0.29) is 11.8 Å². The van der Waals surface area contributed by atoms with E-state index in [4.69, 9.17) is 0 Å². The van der Waals surface area contributed by atoms with Gasteiger partial charge in [0.2, 0.25) is 0 Å². The van der Waals surface area contributed by atoms with Gasteiger partial charge in [0, 0.05) is 0 Å². The van der Waals surface area contributed by atoms with Crippen molar-refractivity contribution in [1.82, 2.24) is 5.32 Å². The minimum Gasteiger partial charge on any atom is -0.307 e. The number of Topliss-reactive ketones (excluding diaryl/α,β-unsaturated/α-hetero) is 1. The Balaban J connectivity index is 2.35. The van der Waals surface area contributed by atoms with E-state index < -0.39 is 0 Å². The average molecular weight is 112 g/mol. The van der Waals surface area contributed by atoms with Crippen LogP contribution in [0, 0.1) is 6.42 Å². The topological polar surface area (TPSA) is 29.1 Å². The molecule has 1 aliphatic rings. The molecule has 0 unspecified atom stereocenters. The molecule has 0 spiro atoms. The summed E-state index contributed by atoms with van der Waals surface area (Å²) in [6.45, 7) is 2.51. The molecule has 0 aromatic heterocycles. The Kier molecular flexibility index (Phi) is 1.63. The van der Waals surface area contributed by atoms with E-state index in [9.17, 15) is 4.79 Å². The van der Waals surface area contributed by atoms with E-state index in [0.29, 0.717) is 0 Å². The molecule has 0 saturated carbocycles. The smallest absolute Gasteiger partial charge is 0.146 e. The summed E-state index contributed by atoms with van der Waals surface area (Å²) >= 11 is 0. The Hall–Kier alpha value is -0.370. The first-order valence-corrected chi connectivity index (χ1v) is 2.86. The van der Waals surface area contributed by atoms with Crippen molar-refractivity contribution < 1.29 is 4.79 Å². The molecule has 1 atom stereocenters. The predicted molar refractivity (Wildman–Crippen MR) is 31.4 cm³/mol. The van der Waals surface area contributed by atoms with Crippen LogP contribution in [0.5, 0.6) is 0 Å². The third kappa shape index (κ3) is 1.07. The van der Waals surface area contributed by atoms with Crippen LogP contribution in [-0.2, 0) is 4.79 Å². The van der Waals surface area contributed by atoms with Crippen LogP contribution in [0.2, 0.25) is 0 Å². The van der Waals surface area contributed by atoms with Gasteiger partial charge in [0.15, 0.2) is 0 Å². The third-order valence-electron chi connectivity index (χ3n) is 1.40. The fraction of sp³-hybridized carbons (Fsp3) is 0.667. The highest BCUT2D eigenvalue weighted by Crippen LogP contribution is 2.03. The summed E-state index contributed by atoms with van der Waals surface area (Å²) in [5.74, 6) is 0.249. The van der Waals surface area contributed by atoms with Gasteiger partial charge in [-0.15, -0.1) is 0 Å². The lowest BCUT2D eigenvalue weighted by atomic mass is 10.2. The van der Waals surface area contributed by atoms with E-state index in [1.54, 1.807) is 6.92 Å². The molecule has 8 heavy (non-hydrogen) atoms. The summed E-state index contributed by atoms with van der Waals surface area (Å²) in [6.07, 6.45) is 3.00. The van der Waals surface area contributed by atoms with Crippen LogP contribution in [0.1, 0.15) is 13.3 Å². The van der Waals surface area contributed by atoms with Crippen LogP contribution in [0.25, 0.3) is 0 Å². The number of carbonyl (C=O) groups is 1. The molecular formula is C6H10NO. The fourth-order valence-corrected chi connectivity index (χ4v) is 0.869. The number of hydrogen-bond donors (Lipinski definition) is 1. The van der Waals surface area contributed by atoms with E-state index in [2.05, 4.69) is 11.7 Å². The Morgan fingerprint density at radius 2 is 2.62 bits per heavy atom. The number of nitrogens with one attached hydrogen (secondary N) is 1. The summed E-state index contributed by atoms with van der Waals surface area (Å²) in [7, 11) is 0. The van der Waals surface area contributed by atoms with Gasteiger partial charge >= 0.3 is 0 Å². The molecule has 1 heterocycles. The minimum atomic E-state index is 0.120. The second-order valence-electron chi connectivity index (χ2n) is 2.10. The quantitative estimate of drug-likeness (QED) is 0.523. The highest BCUT2D eigenvalue weighted by molar-refractivity contribution is 5.81. The zero-order valence-electron chi connectivity index (χ0n) is 4.98. The zero-order chi connectivity index (χ0) is 5.98. The van der Waals surface area contributed by atoms with Gasteiger partial charge in [0.1, 0.15) is 5.78 Å². The van der Waals surface area contributed by atoms with Crippen LogP contribution in [0.15, 0.2) is 0 Å². The van der Waals surface area contributed by atoms with Gasteiger partial charge in [-0.25, -0.2) is 0 Å². The molecule has 1 N–H and O–H groups in total. The molecule has 0 aliphatic carbocycles. The van der Waals surface area contributed by atoms with E-state index >= 15 is 0 Å². The van der Waals surface area contributed by atoms with Crippen molar-refractivity contribution in [1.29, 1.82) is 0 Å². The normalized spacial score (nSPS) is 28.4. The lowest BCUT2D eigenvalue weighted by Crippen LogP contribution is -2.28. The van der Waals surface area contributed by atoms with Gasteiger partial charge in [-0.2, -0.15) is 0 Å². The highest BCUT2D eigenvalue weighted by Gasteiger charge is 2.17. The van der Waals surface area contributed by atoms with E-state index in [1.807, 2.05) is 0 Å². The monoisotopic (exact) mass is 112 g/mol. The van der Waals surface area contributed by atoms with Gasteiger partial charge in [-0.3, -0.25) is 4.79 Å². The molecule has 0 aromatic carbocycles. The molecule has 45 valence electrons. The predicted octanol–water partition coefficient (Wildman–Crippen LogP) is 0.142. The largest absolute Gasteiger partial charge is 0.307 e. The molecule has 2 heteroatoms. The molecular weight excluding hydrogens is 102 g/mol. The van der Waals surface area contributed by atoms with Crippen molar-refractivity contribution in [2.24, 2.45) is 0 Å². The lowest BCUT2D eigenvalue weighted by Gasteiger charge is -2.01. The molecule has 2 nitrogen and oxygen atoms in total. The van der Waals surface area contributed by atoms with Gasteiger partial charge in [0.25, 0.3) is 0 Å². The first-order chi connectivity index (χ1) is 3.80. The van der Waals surface area contributed by atoms with Crippen molar-refractivity contribution in [3.63, 3.8) is 0 Å². The SMILES string of the molecule is CC(=O)[C@@H]1C[CH]CN1. The summed E-state index contributed by atoms with van der Waals surface area (Å²) in [5, 5.41) is 3.05. The van der Waals surface area contributed by atoms with Gasteiger partial charge in [0.05, 0.1) is 6.04 Å². The number of ketones is 1. The van der Waals surface area contributed by atoms with Crippen molar-refractivity contribution >= 4 is 5.78 Å². The van der Waals surface area contributed by atoms with Crippen LogP contribution >= 0.6 is 0 Å². The van der Waals surface area contributed by atoms with Gasteiger partial charge in [-0.1, -0.05) is 0 Å². The number of carbonyl (C=O) groups excluding carboxylic acids is 1. The first-order valence-electron chi connectivity index (χ1n) is 2.86. The summed E-state index contributed by atoms with van der Waals surface area (Å²) in [6, 6.07) is 0.120. The van der Waals surface area contributed by atoms with Crippen LogP contribution < -0.4 is 5.32 Å². The van der Waals surface area contributed by atoms with Crippen molar-refractivity contribution in [2.45, 2.75) is 19.4 Å². The molecule has 1 fully saturated rings. The maximum atomic E-state index is 10.6. The maximum absolute atomic E-state index is 10.6. The molecule has 0 bridgehead atoms. The minimum absolute atomic E-state index is 0.120. The molecule has 1 radical (unpaired) electrons. The Morgan fingerprint density at radius 1 is 1.88 bits per heavy atom. The summed E-state index contributed by atoms with van der Waals surface area (Å²) in [4.78, 5) is 10.6. The second kappa shape index (κ2) is 2.27. The van der Waals surface area contributed by atoms with Crippen molar-refractivity contribution in [3.05, 3.63) is 6.42 Å². The van der Waals surface area contributed by atoms with Gasteiger partial charge < -0.3 is 5.32 Å². The van der Waals surface area contributed by atoms with Crippen molar-refractivity contribution in [2.75, 3.05) is 6.54 Å². The lowest BCUT2D eigenvalue weighted by molar-refractivity contribution is -0.118. The van der Waals surface area contributed by atoms with E-state index in [0.717, 1.165) is 13.0 Å². The molecule has 1 rings (SSSR count). The average Bonchev–Trinajstić information content (AvgIpc) is 2.12. The molecule has 0 aromatic rings. The Labute approximate surface area is 49.3 Å². The van der Waals surface area contributed by atoms with Gasteiger partial charge in [-0.05, 0) is 26.3 Å². The zero-order valence-corrected chi connectivity index (χ0v) is 4.98. The summed E-state index contributed by atoms with van der Waals surface area (Å²) < 4.78 is 0. The van der Waals surface area contributed by atoms with E-state index in [1.165, 1.54) is 0 Å². The first kappa shape index (κ1) is 5.76. The standard InChI is InChI=1S/C6H10NO/c1-5(8)6-3-2-4-7-6/h2,6-7H,3-4H2,1H3/t6-/m0/s1. The third-order valence-corrected chi connectivity index (χ3v) is 1.40. The van der Waals surface area contributed by atoms with Crippen molar-refractivity contribution in [3.8, 4) is 0 Å². The summed E-state index contributed by atoms with van der Waals surface area (Å²) in [5.41, 5.74) is 0. The maximum Gasteiger partial charge on any atom is 0.146 e. The molecule has 1 aliphatic heterocycles. The second-order valence-corrected chi connectivity index (χ2v) is 2.10. The molecule has 0 amide bonds. The molecule has 1 saturated heterocycles. The van der Waals surface area contributed by atoms with Crippen LogP contribution in [0.4, 0.5) is 0 Å². The highest BCUT2D eigenvalue weighted by atomic mass is 16.1. The number of hydrogen-bond acceptors (Lipinski definition) is 2. The Morgan fingerprint density at radius 3 is 2.88 bits per heavy atom. The van der Waals surface area contributed by atoms with Crippen LogP contribution in [-0.4, -0.2) is 18.4 Å². The Bertz CT molecular complexity index is 94.7. The number of rotatable bonds is 1.